The van der Waals surface area contributed by atoms with Crippen molar-refractivity contribution in [1.82, 2.24) is 5.32 Å². The van der Waals surface area contributed by atoms with Gasteiger partial charge in [0.1, 0.15) is 12.4 Å². The van der Waals surface area contributed by atoms with Crippen LogP contribution in [0.1, 0.15) is 55.5 Å². The molecular formula is C24H32N2O2. The van der Waals surface area contributed by atoms with Crippen LogP contribution in [0, 0.1) is 12.3 Å². The summed E-state index contributed by atoms with van der Waals surface area (Å²) in [6.45, 7) is 8.31. The van der Waals surface area contributed by atoms with Gasteiger partial charge in [0.05, 0.1) is 0 Å². The van der Waals surface area contributed by atoms with Gasteiger partial charge >= 0.3 is 0 Å². The van der Waals surface area contributed by atoms with Crippen LogP contribution in [0.5, 0.6) is 5.75 Å². The minimum Gasteiger partial charge on any atom is -0.492 e. The molecule has 1 aliphatic rings. The third-order valence-corrected chi connectivity index (χ3v) is 5.80. The molecule has 150 valence electrons. The largest absolute Gasteiger partial charge is 0.492 e. The van der Waals surface area contributed by atoms with Gasteiger partial charge in [0.25, 0.3) is 0 Å². The summed E-state index contributed by atoms with van der Waals surface area (Å²) in [5.41, 5.74) is 9.60. The zero-order valence-corrected chi connectivity index (χ0v) is 17.3. The Kier molecular flexibility index (Phi) is 6.40. The Morgan fingerprint density at radius 1 is 1.18 bits per heavy atom. The molecule has 3 rings (SSSR count). The molecule has 0 unspecified atom stereocenters. The zero-order chi connectivity index (χ0) is 20.1. The number of carbonyl (C=O) groups is 1. The molecule has 3 N–H and O–H groups in total. The van der Waals surface area contributed by atoms with E-state index in [0.717, 1.165) is 29.0 Å². The van der Waals surface area contributed by atoms with Crippen LogP contribution in [-0.4, -0.2) is 25.1 Å². The maximum Gasteiger partial charge on any atom is 0.248 e. The van der Waals surface area contributed by atoms with E-state index in [9.17, 15) is 4.79 Å². The summed E-state index contributed by atoms with van der Waals surface area (Å²) in [4.78, 5) is 11.4. The van der Waals surface area contributed by atoms with E-state index in [2.05, 4.69) is 32.2 Å². The van der Waals surface area contributed by atoms with E-state index in [4.69, 9.17) is 10.5 Å². The number of rotatable bonds is 7. The molecule has 28 heavy (non-hydrogen) atoms. The number of nitrogens with two attached hydrogens (primary N) is 1. The predicted molar refractivity (Wildman–Crippen MR) is 115 cm³/mol. The van der Waals surface area contributed by atoms with Gasteiger partial charge in [-0.2, -0.15) is 0 Å². The van der Waals surface area contributed by atoms with Crippen molar-refractivity contribution in [2.24, 2.45) is 11.1 Å². The summed E-state index contributed by atoms with van der Waals surface area (Å²) in [5.74, 6) is 0.465. The Morgan fingerprint density at radius 3 is 2.61 bits per heavy atom. The molecule has 4 nitrogen and oxygen atoms in total. The Balaban J connectivity index is 1.52. The number of carbonyl (C=O) groups excluding carboxylic acids is 1. The minimum absolute atomic E-state index is 0.409. The van der Waals surface area contributed by atoms with Crippen molar-refractivity contribution < 1.29 is 9.53 Å². The quantitative estimate of drug-likeness (QED) is 0.685. The summed E-state index contributed by atoms with van der Waals surface area (Å²) < 4.78 is 5.94. The van der Waals surface area contributed by atoms with E-state index in [-0.39, 0.29) is 0 Å². The molecule has 1 saturated carbocycles. The fourth-order valence-corrected chi connectivity index (χ4v) is 3.93. The molecule has 1 amide bonds. The highest BCUT2D eigenvalue weighted by molar-refractivity contribution is 5.94. The molecule has 0 saturated heterocycles. The van der Waals surface area contributed by atoms with E-state index in [0.29, 0.717) is 23.6 Å². The standard InChI is InChI=1S/C24H32N2O2/c1-17-15-21(28-14-13-26-20-9-11-24(2,3)12-10-20)7-8-22(17)18-5-4-6-19(16-18)23(25)27/h4-8,15-16,20,26H,9-14H2,1-3H3,(H2,25,27). The van der Waals surface area contributed by atoms with Gasteiger partial charge in [-0.1, -0.05) is 32.0 Å². The van der Waals surface area contributed by atoms with Crippen molar-refractivity contribution in [3.63, 3.8) is 0 Å². The third-order valence-electron chi connectivity index (χ3n) is 5.80. The number of aryl methyl sites for hydroxylation is 1. The van der Waals surface area contributed by atoms with Gasteiger partial charge in [0.2, 0.25) is 5.91 Å². The molecule has 1 aliphatic carbocycles. The van der Waals surface area contributed by atoms with Gasteiger partial charge in [-0.3, -0.25) is 4.79 Å². The van der Waals surface area contributed by atoms with E-state index >= 15 is 0 Å². The highest BCUT2D eigenvalue weighted by Crippen LogP contribution is 2.35. The van der Waals surface area contributed by atoms with Crippen LogP contribution >= 0.6 is 0 Å². The predicted octanol–water partition coefficient (Wildman–Crippen LogP) is 4.70. The number of ether oxygens (including phenoxy) is 1. The van der Waals surface area contributed by atoms with Gasteiger partial charge in [-0.15, -0.1) is 0 Å². The molecule has 0 aliphatic heterocycles. The first kappa shape index (κ1) is 20.4. The summed E-state index contributed by atoms with van der Waals surface area (Å²) in [7, 11) is 0. The van der Waals surface area contributed by atoms with Crippen LogP contribution < -0.4 is 15.8 Å². The Hall–Kier alpha value is -2.33. The third kappa shape index (κ3) is 5.35. The number of amides is 1. The van der Waals surface area contributed by atoms with Crippen LogP contribution in [-0.2, 0) is 0 Å². The van der Waals surface area contributed by atoms with Crippen LogP contribution in [0.2, 0.25) is 0 Å². The highest BCUT2D eigenvalue weighted by Gasteiger charge is 2.26. The first-order valence-corrected chi connectivity index (χ1v) is 10.2. The van der Waals surface area contributed by atoms with Crippen molar-refractivity contribution in [3.8, 4) is 16.9 Å². The molecule has 2 aromatic rings. The fourth-order valence-electron chi connectivity index (χ4n) is 3.93. The van der Waals surface area contributed by atoms with Crippen molar-refractivity contribution in [3.05, 3.63) is 53.6 Å². The number of hydrogen-bond donors (Lipinski definition) is 2. The average Bonchev–Trinajstić information content (AvgIpc) is 2.66. The van der Waals surface area contributed by atoms with Gasteiger partial charge in [0, 0.05) is 18.2 Å². The smallest absolute Gasteiger partial charge is 0.248 e. The van der Waals surface area contributed by atoms with Crippen molar-refractivity contribution in [1.29, 1.82) is 0 Å². The summed E-state index contributed by atoms with van der Waals surface area (Å²) in [6.07, 6.45) is 5.10. The fraction of sp³-hybridized carbons (Fsp3) is 0.458. The van der Waals surface area contributed by atoms with Gasteiger partial charge in [0.15, 0.2) is 0 Å². The second kappa shape index (κ2) is 8.78. The summed E-state index contributed by atoms with van der Waals surface area (Å²) >= 11 is 0. The average molecular weight is 381 g/mol. The van der Waals surface area contributed by atoms with Crippen molar-refractivity contribution in [2.45, 2.75) is 52.5 Å². The topological polar surface area (TPSA) is 64.3 Å². The SMILES string of the molecule is Cc1cc(OCCNC2CCC(C)(C)CC2)ccc1-c1cccc(C(N)=O)c1. The van der Waals surface area contributed by atoms with Gasteiger partial charge in [-0.25, -0.2) is 0 Å². The minimum atomic E-state index is -0.409. The molecule has 1 fully saturated rings. The van der Waals surface area contributed by atoms with Crippen molar-refractivity contribution >= 4 is 5.91 Å². The number of benzene rings is 2. The lowest BCUT2D eigenvalue weighted by Crippen LogP contribution is -2.37. The molecule has 0 aromatic heterocycles. The molecule has 0 heterocycles. The summed E-state index contributed by atoms with van der Waals surface area (Å²) in [6, 6.07) is 14.1. The lowest BCUT2D eigenvalue weighted by atomic mass is 9.75. The second-order valence-corrected chi connectivity index (χ2v) is 8.66. The van der Waals surface area contributed by atoms with Crippen LogP contribution in [0.25, 0.3) is 11.1 Å². The van der Waals surface area contributed by atoms with E-state index in [1.54, 1.807) is 6.07 Å². The van der Waals surface area contributed by atoms with E-state index < -0.39 is 5.91 Å². The monoisotopic (exact) mass is 380 g/mol. The van der Waals surface area contributed by atoms with Crippen molar-refractivity contribution in [2.75, 3.05) is 13.2 Å². The Labute approximate surface area is 168 Å². The maximum absolute atomic E-state index is 11.4. The van der Waals surface area contributed by atoms with Gasteiger partial charge < -0.3 is 15.8 Å². The Morgan fingerprint density at radius 2 is 1.93 bits per heavy atom. The van der Waals surface area contributed by atoms with Crippen LogP contribution in [0.4, 0.5) is 0 Å². The molecule has 4 heteroatoms. The van der Waals surface area contributed by atoms with Crippen LogP contribution in [0.3, 0.4) is 0 Å². The normalized spacial score (nSPS) is 16.7. The van der Waals surface area contributed by atoms with Crippen LogP contribution in [0.15, 0.2) is 42.5 Å². The molecule has 0 radical (unpaired) electrons. The van der Waals surface area contributed by atoms with E-state index in [1.165, 1.54) is 25.7 Å². The van der Waals surface area contributed by atoms with E-state index in [1.807, 2.05) is 30.3 Å². The highest BCUT2D eigenvalue weighted by atomic mass is 16.5. The molecule has 0 bridgehead atoms. The first-order valence-electron chi connectivity index (χ1n) is 10.2. The second-order valence-electron chi connectivity index (χ2n) is 8.66. The Bertz CT molecular complexity index is 819. The molecule has 0 atom stereocenters. The lowest BCUT2D eigenvalue weighted by molar-refractivity contribution is 0.100. The number of nitrogens with one attached hydrogen (secondary N) is 1. The maximum atomic E-state index is 11.4. The molecular weight excluding hydrogens is 348 g/mol. The first-order chi connectivity index (χ1) is 13.3. The van der Waals surface area contributed by atoms with Gasteiger partial charge in [-0.05, 0) is 79.0 Å². The zero-order valence-electron chi connectivity index (χ0n) is 17.3. The number of primary amides is 1. The number of hydrogen-bond acceptors (Lipinski definition) is 3. The molecule has 2 aromatic carbocycles. The summed E-state index contributed by atoms with van der Waals surface area (Å²) in [5, 5.41) is 3.63. The molecule has 0 spiro atoms. The lowest BCUT2D eigenvalue weighted by Gasteiger charge is -2.34.